The fourth-order valence-electron chi connectivity index (χ4n) is 2.86. The van der Waals surface area contributed by atoms with Gasteiger partial charge in [-0.2, -0.15) is 13.2 Å². The molecule has 0 heterocycles. The Balaban J connectivity index is 2.03. The summed E-state index contributed by atoms with van der Waals surface area (Å²) in [5.41, 5.74) is 4.85. The minimum absolute atomic E-state index is 0.0756. The summed E-state index contributed by atoms with van der Waals surface area (Å²) in [4.78, 5) is 0. The molecule has 0 aromatic heterocycles. The molecule has 0 spiro atoms. The quantitative estimate of drug-likeness (QED) is 0.446. The molecule has 30 heavy (non-hydrogen) atoms. The normalized spacial score (nSPS) is 12.3. The Morgan fingerprint density at radius 3 is 2.30 bits per heavy atom. The number of aryl methyl sites for hydroxylation is 2. The number of ether oxygens (including phenoxy) is 1. The highest BCUT2D eigenvalue weighted by Gasteiger charge is 2.35. The van der Waals surface area contributed by atoms with E-state index in [1.54, 1.807) is 18.2 Å². The van der Waals surface area contributed by atoms with Crippen molar-refractivity contribution in [1.82, 2.24) is 0 Å². The minimum Gasteiger partial charge on any atom is -0.493 e. The molecule has 0 saturated carbocycles. The van der Waals surface area contributed by atoms with E-state index in [4.69, 9.17) is 33.7 Å². The van der Waals surface area contributed by atoms with Gasteiger partial charge in [0.25, 0.3) is 0 Å². The van der Waals surface area contributed by atoms with E-state index in [1.165, 1.54) is 12.1 Å². The second-order valence-corrected chi connectivity index (χ2v) is 8.04. The lowest BCUT2D eigenvalue weighted by molar-refractivity contribution is -0.139. The van der Waals surface area contributed by atoms with Crippen LogP contribution in [0.2, 0.25) is 10.0 Å². The van der Waals surface area contributed by atoms with Gasteiger partial charge in [0.2, 0.25) is 0 Å². The summed E-state index contributed by atoms with van der Waals surface area (Å²) in [5.74, 6) is -0.258. The van der Waals surface area contributed by atoms with Crippen LogP contribution in [0.1, 0.15) is 29.5 Å². The fraction of sp³-hybridized carbons (Fsp3) is 0.429. The maximum atomic E-state index is 13.5. The van der Waals surface area contributed by atoms with Gasteiger partial charge < -0.3 is 20.7 Å². The molecule has 0 bridgehead atoms. The summed E-state index contributed by atoms with van der Waals surface area (Å²) in [6.07, 6.45) is -3.30. The van der Waals surface area contributed by atoms with Gasteiger partial charge in [0.05, 0.1) is 30.9 Å². The first-order valence-electron chi connectivity index (χ1n) is 9.35. The third-order valence-electron chi connectivity index (χ3n) is 4.75. The number of nitrogens with two attached hydrogens (primary N) is 1. The van der Waals surface area contributed by atoms with E-state index in [9.17, 15) is 23.4 Å². The third-order valence-corrected chi connectivity index (χ3v) is 5.35. The van der Waals surface area contributed by atoms with Gasteiger partial charge in [-0.15, -0.1) is 0 Å². The van der Waals surface area contributed by atoms with Crippen molar-refractivity contribution in [2.24, 2.45) is 5.73 Å². The van der Waals surface area contributed by atoms with Crippen LogP contribution in [0, 0.1) is 0 Å². The molecule has 0 radical (unpaired) electrons. The average molecular weight is 466 g/mol. The Morgan fingerprint density at radius 2 is 1.67 bits per heavy atom. The fourth-order valence-corrected chi connectivity index (χ4v) is 3.27. The van der Waals surface area contributed by atoms with E-state index in [0.717, 1.165) is 11.6 Å². The van der Waals surface area contributed by atoms with E-state index in [-0.39, 0.29) is 25.2 Å². The van der Waals surface area contributed by atoms with Crippen molar-refractivity contribution in [2.75, 3.05) is 19.8 Å². The summed E-state index contributed by atoms with van der Waals surface area (Å²) in [6, 6.07) is 8.86. The zero-order valence-corrected chi connectivity index (χ0v) is 17.7. The number of alkyl halides is 3. The van der Waals surface area contributed by atoms with Crippen molar-refractivity contribution in [1.29, 1.82) is 0 Å². The Hall–Kier alpha value is -1.51. The summed E-state index contributed by atoms with van der Waals surface area (Å²) in [7, 11) is 0. The second kappa shape index (κ2) is 10.7. The smallest absolute Gasteiger partial charge is 0.419 e. The Kier molecular flexibility index (Phi) is 8.82. The first-order chi connectivity index (χ1) is 14.1. The number of aliphatic hydroxyl groups excluding tert-OH is 2. The highest BCUT2D eigenvalue weighted by molar-refractivity contribution is 6.33. The van der Waals surface area contributed by atoms with Gasteiger partial charge in [0, 0.05) is 10.0 Å². The molecule has 0 aliphatic carbocycles. The minimum atomic E-state index is -4.59. The molecular weight excluding hydrogens is 442 g/mol. The summed E-state index contributed by atoms with van der Waals surface area (Å²) in [5, 5.41) is 19.5. The van der Waals surface area contributed by atoms with Gasteiger partial charge in [0.15, 0.2) is 0 Å². The predicted molar refractivity (Wildman–Crippen MR) is 111 cm³/mol. The van der Waals surface area contributed by atoms with Crippen molar-refractivity contribution < 1.29 is 28.1 Å². The van der Waals surface area contributed by atoms with Crippen molar-refractivity contribution in [3.63, 3.8) is 0 Å². The summed E-state index contributed by atoms with van der Waals surface area (Å²) < 4.78 is 45.9. The summed E-state index contributed by atoms with van der Waals surface area (Å²) in [6.45, 7) is -0.854. The highest BCUT2D eigenvalue weighted by Crippen LogP contribution is 2.37. The third kappa shape index (κ3) is 7.03. The Morgan fingerprint density at radius 1 is 0.967 bits per heavy atom. The van der Waals surface area contributed by atoms with Crippen molar-refractivity contribution >= 4 is 23.2 Å². The molecule has 2 aromatic rings. The van der Waals surface area contributed by atoms with Crippen molar-refractivity contribution in [3.8, 4) is 5.75 Å². The summed E-state index contributed by atoms with van der Waals surface area (Å²) >= 11 is 12.0. The molecule has 0 aliphatic heterocycles. The average Bonchev–Trinajstić information content (AvgIpc) is 2.71. The number of hydrogen-bond acceptors (Lipinski definition) is 4. The molecule has 9 heteroatoms. The molecule has 0 fully saturated rings. The zero-order valence-electron chi connectivity index (χ0n) is 16.2. The van der Waals surface area contributed by atoms with Crippen LogP contribution in [0.3, 0.4) is 0 Å². The van der Waals surface area contributed by atoms with Crippen LogP contribution in [-0.4, -0.2) is 35.6 Å². The largest absolute Gasteiger partial charge is 0.493 e. The highest BCUT2D eigenvalue weighted by atomic mass is 35.5. The SMILES string of the molecule is NC(CO)(CO)CCc1ccc(OCCCc2cc(Cl)ccc2Cl)c(C(F)(F)F)c1. The number of halogens is 5. The first kappa shape index (κ1) is 24.8. The van der Waals surface area contributed by atoms with Crippen LogP contribution in [0.15, 0.2) is 36.4 Å². The molecular formula is C21H24Cl2F3NO3. The molecule has 0 aliphatic rings. The predicted octanol–water partition coefficient (Wildman–Crippen LogP) is 4.64. The van der Waals surface area contributed by atoms with E-state index in [2.05, 4.69) is 0 Å². The Labute approximate surface area is 183 Å². The lowest BCUT2D eigenvalue weighted by atomic mass is 9.93. The molecule has 0 atom stereocenters. The van der Waals surface area contributed by atoms with Crippen LogP contribution in [0.5, 0.6) is 5.75 Å². The molecule has 4 nitrogen and oxygen atoms in total. The van der Waals surface area contributed by atoms with Gasteiger partial charge in [-0.1, -0.05) is 29.3 Å². The van der Waals surface area contributed by atoms with E-state index in [0.29, 0.717) is 28.5 Å². The maximum absolute atomic E-state index is 13.5. The van der Waals surface area contributed by atoms with E-state index >= 15 is 0 Å². The molecule has 0 unspecified atom stereocenters. The van der Waals surface area contributed by atoms with Gasteiger partial charge in [0.1, 0.15) is 5.75 Å². The number of rotatable bonds is 10. The van der Waals surface area contributed by atoms with Crippen molar-refractivity contribution in [2.45, 2.75) is 37.4 Å². The van der Waals surface area contributed by atoms with E-state index in [1.807, 2.05) is 0 Å². The number of aliphatic hydroxyl groups is 2. The number of hydrogen-bond donors (Lipinski definition) is 3. The van der Waals surface area contributed by atoms with Crippen molar-refractivity contribution in [3.05, 3.63) is 63.1 Å². The standard InChI is InChI=1S/C21H24Cl2F3NO3/c22-16-4-5-18(23)15(11-16)2-1-9-30-19-6-3-14(10-17(19)21(24,25)26)7-8-20(27,12-28)13-29/h3-6,10-11,28-29H,1-2,7-9,12-13,27H2. The first-order valence-corrected chi connectivity index (χ1v) is 10.1. The van der Waals surface area contributed by atoms with Crippen LogP contribution in [-0.2, 0) is 19.0 Å². The zero-order chi connectivity index (χ0) is 22.4. The molecule has 4 N–H and O–H groups in total. The molecule has 0 amide bonds. The topological polar surface area (TPSA) is 75.7 Å². The monoisotopic (exact) mass is 465 g/mol. The van der Waals surface area contributed by atoms with Crippen LogP contribution >= 0.6 is 23.2 Å². The van der Waals surface area contributed by atoms with Gasteiger partial charge in [-0.25, -0.2) is 0 Å². The Bertz CT molecular complexity index is 843. The second-order valence-electron chi connectivity index (χ2n) is 7.19. The molecule has 2 aromatic carbocycles. The lowest BCUT2D eigenvalue weighted by Gasteiger charge is -2.24. The van der Waals surface area contributed by atoms with Gasteiger partial charge >= 0.3 is 6.18 Å². The van der Waals surface area contributed by atoms with Crippen LogP contribution < -0.4 is 10.5 Å². The van der Waals surface area contributed by atoms with Crippen LogP contribution in [0.25, 0.3) is 0 Å². The van der Waals surface area contributed by atoms with Crippen LogP contribution in [0.4, 0.5) is 13.2 Å². The van der Waals surface area contributed by atoms with Gasteiger partial charge in [-0.3, -0.25) is 0 Å². The maximum Gasteiger partial charge on any atom is 0.419 e. The molecule has 166 valence electrons. The lowest BCUT2D eigenvalue weighted by Crippen LogP contribution is -2.47. The van der Waals surface area contributed by atoms with Gasteiger partial charge in [-0.05, 0) is 67.1 Å². The molecule has 0 saturated heterocycles. The number of benzene rings is 2. The van der Waals surface area contributed by atoms with E-state index < -0.39 is 30.5 Å². The molecule has 2 rings (SSSR count).